The highest BCUT2D eigenvalue weighted by molar-refractivity contribution is 5.48. The molecule has 0 N–H and O–H groups in total. The summed E-state index contributed by atoms with van der Waals surface area (Å²) >= 11 is 0. The first-order valence-corrected chi connectivity index (χ1v) is 10.7. The number of allylic oxidation sites excluding steroid dienone is 4. The molecule has 0 aromatic heterocycles. The van der Waals surface area contributed by atoms with Gasteiger partial charge in [-0.25, -0.2) is 0 Å². The minimum Gasteiger partial charge on any atom is -0.457 e. The van der Waals surface area contributed by atoms with Crippen LogP contribution in [0.1, 0.15) is 18.1 Å². The van der Waals surface area contributed by atoms with Gasteiger partial charge in [-0.2, -0.15) is 26.3 Å². The smallest absolute Gasteiger partial charge is 0.411 e. The van der Waals surface area contributed by atoms with Gasteiger partial charge in [0.05, 0.1) is 0 Å². The summed E-state index contributed by atoms with van der Waals surface area (Å²) in [7, 11) is 0. The molecule has 0 saturated heterocycles. The predicted molar refractivity (Wildman–Crippen MR) is 126 cm³/mol. The first kappa shape index (κ1) is 26.7. The van der Waals surface area contributed by atoms with E-state index in [1.165, 1.54) is 12.2 Å². The number of hydrogen-bond acceptors (Lipinski definition) is 2. The van der Waals surface area contributed by atoms with Crippen molar-refractivity contribution in [1.29, 1.82) is 0 Å². The van der Waals surface area contributed by atoms with Crippen LogP contribution in [0.3, 0.4) is 0 Å². The Bertz CT molecular complexity index is 1190. The second-order valence-corrected chi connectivity index (χ2v) is 7.62. The fourth-order valence-corrected chi connectivity index (χ4v) is 3.69. The van der Waals surface area contributed by atoms with E-state index in [1.54, 1.807) is 49.4 Å². The molecule has 3 rings (SSSR count). The summed E-state index contributed by atoms with van der Waals surface area (Å²) in [5, 5.41) is 0. The van der Waals surface area contributed by atoms with Crippen molar-refractivity contribution in [2.75, 3.05) is 0 Å². The van der Waals surface area contributed by atoms with Crippen molar-refractivity contribution in [3.63, 3.8) is 0 Å². The van der Waals surface area contributed by atoms with E-state index in [4.69, 9.17) is 9.47 Å². The van der Waals surface area contributed by atoms with Crippen LogP contribution < -0.4 is 9.47 Å². The van der Waals surface area contributed by atoms with E-state index >= 15 is 0 Å². The van der Waals surface area contributed by atoms with Crippen molar-refractivity contribution in [3.05, 3.63) is 127 Å². The van der Waals surface area contributed by atoms with Gasteiger partial charge in [0.25, 0.3) is 0 Å². The van der Waals surface area contributed by atoms with Gasteiger partial charge >= 0.3 is 12.4 Å². The van der Waals surface area contributed by atoms with E-state index < -0.39 is 28.9 Å². The molecule has 8 heteroatoms. The average Bonchev–Trinajstić information content (AvgIpc) is 2.81. The fraction of sp³-hybridized carbons (Fsp3) is 0.143. The molecular weight excluding hydrogens is 482 g/mol. The van der Waals surface area contributed by atoms with Crippen LogP contribution in [0, 0.1) is 0 Å². The quantitative estimate of drug-likeness (QED) is 0.173. The van der Waals surface area contributed by atoms with Crippen LogP contribution in [-0.4, -0.2) is 12.4 Å². The topological polar surface area (TPSA) is 18.5 Å². The average molecular weight is 504 g/mol. The van der Waals surface area contributed by atoms with Crippen LogP contribution in [0.15, 0.2) is 116 Å². The molecule has 0 heterocycles. The molecule has 188 valence electrons. The molecule has 0 bridgehead atoms. The van der Waals surface area contributed by atoms with Crippen LogP contribution in [0.4, 0.5) is 26.3 Å². The third kappa shape index (κ3) is 5.48. The SMILES string of the molecule is C=C/C=C(\C=C/C)Oc1ccc(C(c2ccc(Oc3ccccc3)cc2)(C(F)(F)F)C(F)(F)F)cc1. The lowest BCUT2D eigenvalue weighted by Gasteiger charge is -2.38. The number of rotatable bonds is 8. The molecule has 3 aromatic rings. The standard InChI is InChI=1S/C28H22F6O2/c1-3-8-22(9-4-2)35-24-16-12-20(13-17-24)26(27(29,30)31,28(32,33)34)21-14-18-25(19-15-21)36-23-10-6-5-7-11-23/h3-19H,1H2,2H3/b9-4-,22-8+. The van der Waals surface area contributed by atoms with E-state index in [0.29, 0.717) is 11.5 Å². The van der Waals surface area contributed by atoms with Crippen molar-refractivity contribution in [3.8, 4) is 17.2 Å². The second-order valence-electron chi connectivity index (χ2n) is 7.62. The van der Waals surface area contributed by atoms with Crippen LogP contribution in [-0.2, 0) is 5.41 Å². The molecule has 0 unspecified atom stereocenters. The summed E-state index contributed by atoms with van der Waals surface area (Å²) in [4.78, 5) is 0. The van der Waals surface area contributed by atoms with Gasteiger partial charge in [-0.3, -0.25) is 0 Å². The molecule has 3 aromatic carbocycles. The van der Waals surface area contributed by atoms with Crippen molar-refractivity contribution >= 4 is 0 Å². The largest absolute Gasteiger partial charge is 0.457 e. The highest BCUT2D eigenvalue weighted by Crippen LogP contribution is 2.56. The Balaban J connectivity index is 2.06. The zero-order valence-corrected chi connectivity index (χ0v) is 19.1. The Morgan fingerprint density at radius 3 is 1.61 bits per heavy atom. The molecule has 0 fully saturated rings. The molecule has 0 radical (unpaired) electrons. The Morgan fingerprint density at radius 2 is 1.17 bits per heavy atom. The van der Waals surface area contributed by atoms with Crippen LogP contribution in [0.2, 0.25) is 0 Å². The monoisotopic (exact) mass is 504 g/mol. The first-order valence-electron chi connectivity index (χ1n) is 10.7. The number of alkyl halides is 6. The molecule has 0 amide bonds. The Morgan fingerprint density at radius 1 is 0.694 bits per heavy atom. The highest BCUT2D eigenvalue weighted by Gasteiger charge is 2.72. The van der Waals surface area contributed by atoms with Gasteiger partial charge in [-0.1, -0.05) is 61.2 Å². The lowest BCUT2D eigenvalue weighted by Crippen LogP contribution is -2.54. The number of benzene rings is 3. The van der Waals surface area contributed by atoms with Gasteiger partial charge in [0.15, 0.2) is 0 Å². The second kappa shape index (κ2) is 10.8. The van der Waals surface area contributed by atoms with E-state index in [1.807, 2.05) is 0 Å². The number of halogens is 6. The molecule has 0 aliphatic rings. The van der Waals surface area contributed by atoms with Gasteiger partial charge in [-0.05, 0) is 66.6 Å². The molecule has 2 nitrogen and oxygen atoms in total. The van der Waals surface area contributed by atoms with Gasteiger partial charge in [-0.15, -0.1) is 0 Å². The Labute approximate surface area is 204 Å². The predicted octanol–water partition coefficient (Wildman–Crippen LogP) is 8.91. The Kier molecular flexibility index (Phi) is 7.97. The van der Waals surface area contributed by atoms with E-state index in [2.05, 4.69) is 6.58 Å². The number of para-hydroxylation sites is 1. The molecule has 0 atom stereocenters. The van der Waals surface area contributed by atoms with E-state index in [9.17, 15) is 26.3 Å². The van der Waals surface area contributed by atoms with Gasteiger partial charge in [0.1, 0.15) is 23.0 Å². The molecule has 0 aliphatic heterocycles. The summed E-state index contributed by atoms with van der Waals surface area (Å²) in [6.07, 6.45) is -5.23. The van der Waals surface area contributed by atoms with Crippen molar-refractivity contribution < 1.29 is 35.8 Å². The van der Waals surface area contributed by atoms with Crippen molar-refractivity contribution in [2.24, 2.45) is 0 Å². The van der Waals surface area contributed by atoms with Crippen LogP contribution in [0.25, 0.3) is 0 Å². The van der Waals surface area contributed by atoms with Crippen LogP contribution >= 0.6 is 0 Å². The molecular formula is C28H22F6O2. The van der Waals surface area contributed by atoms with Crippen molar-refractivity contribution in [2.45, 2.75) is 24.7 Å². The molecule has 36 heavy (non-hydrogen) atoms. The molecule has 0 aliphatic carbocycles. The fourth-order valence-electron chi connectivity index (χ4n) is 3.69. The van der Waals surface area contributed by atoms with Gasteiger partial charge in [0, 0.05) is 0 Å². The van der Waals surface area contributed by atoms with Crippen LogP contribution in [0.5, 0.6) is 17.2 Å². The summed E-state index contributed by atoms with van der Waals surface area (Å²) in [5.41, 5.74) is -6.25. The maximum absolute atomic E-state index is 14.4. The van der Waals surface area contributed by atoms with E-state index in [0.717, 1.165) is 48.5 Å². The first-order chi connectivity index (χ1) is 17.0. The molecule has 0 spiro atoms. The summed E-state index contributed by atoms with van der Waals surface area (Å²) in [6, 6.07) is 15.7. The van der Waals surface area contributed by atoms with Gasteiger partial charge < -0.3 is 9.47 Å². The number of ether oxygens (including phenoxy) is 2. The Hall–Kier alpha value is -3.94. The lowest BCUT2D eigenvalue weighted by molar-refractivity contribution is -0.288. The lowest BCUT2D eigenvalue weighted by atomic mass is 9.73. The third-order valence-corrected chi connectivity index (χ3v) is 5.25. The summed E-state index contributed by atoms with van der Waals surface area (Å²) in [5.74, 6) is 0.862. The van der Waals surface area contributed by atoms with E-state index in [-0.39, 0.29) is 11.5 Å². The normalized spacial score (nSPS) is 13.0. The molecule has 0 saturated carbocycles. The minimum absolute atomic E-state index is 0.0646. The summed E-state index contributed by atoms with van der Waals surface area (Å²) in [6.45, 7) is 5.26. The number of hydrogen-bond donors (Lipinski definition) is 0. The van der Waals surface area contributed by atoms with Gasteiger partial charge in [0.2, 0.25) is 5.41 Å². The highest BCUT2D eigenvalue weighted by atomic mass is 19.4. The maximum Gasteiger partial charge on any atom is 0.411 e. The third-order valence-electron chi connectivity index (χ3n) is 5.25. The van der Waals surface area contributed by atoms with Crippen molar-refractivity contribution in [1.82, 2.24) is 0 Å². The zero-order chi connectivity index (χ0) is 26.4. The minimum atomic E-state index is -5.70. The zero-order valence-electron chi connectivity index (χ0n) is 19.1. The summed E-state index contributed by atoms with van der Waals surface area (Å²) < 4.78 is 97.4. The maximum atomic E-state index is 14.4.